The second-order valence-electron chi connectivity index (χ2n) is 5.52. The van der Waals surface area contributed by atoms with E-state index in [1.807, 2.05) is 19.1 Å². The second kappa shape index (κ2) is 6.91. The minimum Gasteiger partial charge on any atom is -0.495 e. The first-order chi connectivity index (χ1) is 11.2. The Bertz CT molecular complexity index is 855. The number of halogens is 1. The molecule has 0 aliphatic carbocycles. The molecule has 130 valence electrons. The number of anilines is 1. The maximum absolute atomic E-state index is 12.8. The Kier molecular flexibility index (Phi) is 5.30. The molecule has 0 unspecified atom stereocenters. The van der Waals surface area contributed by atoms with Gasteiger partial charge in [-0.05, 0) is 38.0 Å². The van der Waals surface area contributed by atoms with Crippen molar-refractivity contribution >= 4 is 27.3 Å². The van der Waals surface area contributed by atoms with Crippen LogP contribution in [-0.4, -0.2) is 22.6 Å². The third-order valence-electron chi connectivity index (χ3n) is 3.59. The summed E-state index contributed by atoms with van der Waals surface area (Å²) in [5.74, 6) is 0.724. The highest BCUT2D eigenvalue weighted by molar-refractivity contribution is 7.92. The Morgan fingerprint density at radius 2 is 1.46 bits per heavy atom. The Morgan fingerprint density at radius 3 is 1.96 bits per heavy atom. The summed E-state index contributed by atoms with van der Waals surface area (Å²) in [4.78, 5) is 0.252. The molecule has 2 aromatic carbocycles. The number of hydrogen-bond donors (Lipinski definition) is 1. The van der Waals surface area contributed by atoms with E-state index in [0.717, 1.165) is 5.56 Å². The van der Waals surface area contributed by atoms with Crippen LogP contribution in [0.1, 0.15) is 16.7 Å². The van der Waals surface area contributed by atoms with Gasteiger partial charge in [0, 0.05) is 6.07 Å². The summed E-state index contributed by atoms with van der Waals surface area (Å²) in [6.45, 7) is 5.47. The zero-order valence-corrected chi connectivity index (χ0v) is 15.8. The predicted molar refractivity (Wildman–Crippen MR) is 96.0 cm³/mol. The van der Waals surface area contributed by atoms with Gasteiger partial charge in [0.15, 0.2) is 0 Å². The van der Waals surface area contributed by atoms with Crippen LogP contribution in [0.25, 0.3) is 0 Å². The number of aryl methyl sites for hydroxylation is 3. The molecule has 2 rings (SSSR count). The van der Waals surface area contributed by atoms with Crippen LogP contribution in [0.15, 0.2) is 29.2 Å². The summed E-state index contributed by atoms with van der Waals surface area (Å²) in [7, 11) is -0.867. The Balaban J connectivity index is 2.53. The highest BCUT2D eigenvalue weighted by Crippen LogP contribution is 2.37. The lowest BCUT2D eigenvalue weighted by Gasteiger charge is -2.17. The van der Waals surface area contributed by atoms with E-state index in [4.69, 9.17) is 21.1 Å². The van der Waals surface area contributed by atoms with E-state index in [9.17, 15) is 8.42 Å². The van der Waals surface area contributed by atoms with Gasteiger partial charge in [0.2, 0.25) is 0 Å². The zero-order chi connectivity index (χ0) is 18.1. The second-order valence-corrected chi connectivity index (χ2v) is 7.55. The van der Waals surface area contributed by atoms with Gasteiger partial charge in [0.05, 0.1) is 29.8 Å². The Labute approximate surface area is 147 Å². The van der Waals surface area contributed by atoms with Gasteiger partial charge in [0.25, 0.3) is 10.0 Å². The van der Waals surface area contributed by atoms with E-state index in [1.54, 1.807) is 13.8 Å². The fourth-order valence-corrected chi connectivity index (χ4v) is 4.48. The van der Waals surface area contributed by atoms with E-state index < -0.39 is 10.0 Å². The first-order valence-electron chi connectivity index (χ1n) is 7.21. The molecular weight excluding hydrogens is 350 g/mol. The number of nitrogens with one attached hydrogen (secondary N) is 1. The van der Waals surface area contributed by atoms with Gasteiger partial charge in [0.1, 0.15) is 11.5 Å². The topological polar surface area (TPSA) is 64.6 Å². The van der Waals surface area contributed by atoms with Gasteiger partial charge in [-0.15, -0.1) is 0 Å². The van der Waals surface area contributed by atoms with Gasteiger partial charge in [-0.1, -0.05) is 29.3 Å². The van der Waals surface area contributed by atoms with Crippen LogP contribution in [0.5, 0.6) is 11.5 Å². The summed E-state index contributed by atoms with van der Waals surface area (Å²) < 4.78 is 38.6. The van der Waals surface area contributed by atoms with Crippen LogP contribution >= 0.6 is 11.6 Å². The number of hydrogen-bond acceptors (Lipinski definition) is 4. The van der Waals surface area contributed by atoms with Gasteiger partial charge in [-0.25, -0.2) is 8.42 Å². The molecule has 0 fully saturated rings. The number of ether oxygens (including phenoxy) is 2. The van der Waals surface area contributed by atoms with Crippen LogP contribution in [0.2, 0.25) is 5.02 Å². The fraction of sp³-hybridized carbons (Fsp3) is 0.294. The highest BCUT2D eigenvalue weighted by Gasteiger charge is 2.22. The first kappa shape index (κ1) is 18.4. The van der Waals surface area contributed by atoms with Crippen molar-refractivity contribution in [2.24, 2.45) is 0 Å². The summed E-state index contributed by atoms with van der Waals surface area (Å²) in [5, 5.41) is 0.286. The lowest BCUT2D eigenvalue weighted by atomic mass is 10.1. The van der Waals surface area contributed by atoms with Crippen molar-refractivity contribution in [3.05, 3.63) is 46.0 Å². The van der Waals surface area contributed by atoms with Crippen LogP contribution in [0, 0.1) is 20.8 Å². The van der Waals surface area contributed by atoms with Crippen LogP contribution in [0.3, 0.4) is 0 Å². The molecule has 0 amide bonds. The molecule has 0 heterocycles. The van der Waals surface area contributed by atoms with Gasteiger partial charge in [-0.2, -0.15) is 0 Å². The number of rotatable bonds is 5. The minimum absolute atomic E-state index is 0.252. The first-order valence-corrected chi connectivity index (χ1v) is 9.08. The standard InChI is InChI=1S/C17H20ClNO4S/c1-10-6-11(2)17(12(3)7-10)24(20,21)19-14-8-13(18)15(22-4)9-16(14)23-5/h6-9,19H,1-5H3. The molecule has 0 saturated carbocycles. The van der Waals surface area contributed by atoms with Crippen LogP contribution in [0.4, 0.5) is 5.69 Å². The molecule has 2 aromatic rings. The molecule has 0 radical (unpaired) electrons. The minimum atomic E-state index is -3.79. The van der Waals surface area contributed by atoms with Crippen molar-refractivity contribution in [1.82, 2.24) is 0 Å². The maximum Gasteiger partial charge on any atom is 0.262 e. The molecule has 0 bridgehead atoms. The Hall–Kier alpha value is -1.92. The number of benzene rings is 2. The molecule has 7 heteroatoms. The van der Waals surface area contributed by atoms with E-state index in [1.165, 1.54) is 26.4 Å². The third-order valence-corrected chi connectivity index (χ3v) is 5.56. The summed E-state index contributed by atoms with van der Waals surface area (Å²) >= 11 is 6.10. The third kappa shape index (κ3) is 3.60. The van der Waals surface area contributed by atoms with Crippen molar-refractivity contribution in [2.75, 3.05) is 18.9 Å². The van der Waals surface area contributed by atoms with Gasteiger partial charge >= 0.3 is 0 Å². The van der Waals surface area contributed by atoms with E-state index >= 15 is 0 Å². The fourth-order valence-electron chi connectivity index (χ4n) is 2.73. The van der Waals surface area contributed by atoms with Crippen LogP contribution in [-0.2, 0) is 10.0 Å². The monoisotopic (exact) mass is 369 g/mol. The quantitative estimate of drug-likeness (QED) is 0.862. The van der Waals surface area contributed by atoms with E-state index in [2.05, 4.69) is 4.72 Å². The van der Waals surface area contributed by atoms with Crippen molar-refractivity contribution in [3.63, 3.8) is 0 Å². The normalized spacial score (nSPS) is 11.2. The average Bonchev–Trinajstić information content (AvgIpc) is 2.45. The molecule has 0 aromatic heterocycles. The van der Waals surface area contributed by atoms with Crippen molar-refractivity contribution in [2.45, 2.75) is 25.7 Å². The van der Waals surface area contributed by atoms with E-state index in [0.29, 0.717) is 22.6 Å². The van der Waals surface area contributed by atoms with E-state index in [-0.39, 0.29) is 15.6 Å². The summed E-state index contributed by atoms with van der Waals surface area (Å²) in [6, 6.07) is 6.67. The molecule has 0 atom stereocenters. The van der Waals surface area contributed by atoms with Crippen molar-refractivity contribution < 1.29 is 17.9 Å². The molecule has 0 saturated heterocycles. The highest BCUT2D eigenvalue weighted by atomic mass is 35.5. The smallest absolute Gasteiger partial charge is 0.262 e. The largest absolute Gasteiger partial charge is 0.495 e. The number of methoxy groups -OCH3 is 2. The van der Waals surface area contributed by atoms with Crippen molar-refractivity contribution in [1.29, 1.82) is 0 Å². The predicted octanol–water partition coefficient (Wildman–Crippen LogP) is 4.08. The lowest BCUT2D eigenvalue weighted by Crippen LogP contribution is -2.16. The molecular formula is C17H20ClNO4S. The zero-order valence-electron chi connectivity index (χ0n) is 14.2. The Morgan fingerprint density at radius 1 is 0.917 bits per heavy atom. The molecule has 0 spiro atoms. The van der Waals surface area contributed by atoms with Gasteiger partial charge in [-0.3, -0.25) is 4.72 Å². The molecule has 0 aliphatic heterocycles. The SMILES string of the molecule is COc1cc(OC)c(NS(=O)(=O)c2c(C)cc(C)cc2C)cc1Cl. The molecule has 0 aliphatic rings. The van der Waals surface area contributed by atoms with Crippen molar-refractivity contribution in [3.8, 4) is 11.5 Å². The summed E-state index contributed by atoms with van der Waals surface area (Å²) in [6.07, 6.45) is 0. The average molecular weight is 370 g/mol. The molecule has 24 heavy (non-hydrogen) atoms. The molecule has 1 N–H and O–H groups in total. The number of sulfonamides is 1. The maximum atomic E-state index is 12.8. The summed E-state index contributed by atoms with van der Waals surface area (Å²) in [5.41, 5.74) is 2.62. The van der Waals surface area contributed by atoms with Gasteiger partial charge < -0.3 is 9.47 Å². The molecule has 5 nitrogen and oxygen atoms in total. The lowest BCUT2D eigenvalue weighted by molar-refractivity contribution is 0.396. The van der Waals surface area contributed by atoms with Crippen LogP contribution < -0.4 is 14.2 Å².